The zero-order valence-corrected chi connectivity index (χ0v) is 10.4. The molecule has 1 rings (SSSR count). The van der Waals surface area contributed by atoms with Gasteiger partial charge >= 0.3 is 0 Å². The summed E-state index contributed by atoms with van der Waals surface area (Å²) in [5.74, 6) is 0. The second-order valence-electron chi connectivity index (χ2n) is 5.64. The van der Waals surface area contributed by atoms with E-state index in [4.69, 9.17) is 0 Å². The van der Waals surface area contributed by atoms with Gasteiger partial charge in [-0.25, -0.2) is 0 Å². The molecule has 0 atom stereocenters. The van der Waals surface area contributed by atoms with E-state index in [9.17, 15) is 0 Å². The summed E-state index contributed by atoms with van der Waals surface area (Å²) in [6.45, 7) is 9.32. The molecule has 14 heavy (non-hydrogen) atoms. The SMILES string of the molecule is CCCC1(CCC)CCCC(C)(C)N1. The van der Waals surface area contributed by atoms with Gasteiger partial charge in [0.2, 0.25) is 0 Å². The summed E-state index contributed by atoms with van der Waals surface area (Å²) in [5, 5.41) is 3.91. The van der Waals surface area contributed by atoms with Gasteiger partial charge in [0, 0.05) is 11.1 Å². The van der Waals surface area contributed by atoms with Crippen LogP contribution in [0, 0.1) is 0 Å². The summed E-state index contributed by atoms with van der Waals surface area (Å²) in [6.07, 6.45) is 9.45. The second-order valence-corrected chi connectivity index (χ2v) is 5.64. The summed E-state index contributed by atoms with van der Waals surface area (Å²) >= 11 is 0. The van der Waals surface area contributed by atoms with Crippen LogP contribution in [0.15, 0.2) is 0 Å². The molecule has 1 aliphatic heterocycles. The Balaban J connectivity index is 2.65. The standard InChI is InChI=1S/C13H27N/c1-5-8-13(9-6-2)11-7-10-12(3,4)14-13/h14H,5-11H2,1-4H3. The zero-order valence-electron chi connectivity index (χ0n) is 10.4. The van der Waals surface area contributed by atoms with E-state index in [1.165, 1.54) is 44.9 Å². The van der Waals surface area contributed by atoms with E-state index >= 15 is 0 Å². The maximum atomic E-state index is 3.91. The van der Waals surface area contributed by atoms with Crippen LogP contribution in [0.4, 0.5) is 0 Å². The highest BCUT2D eigenvalue weighted by molar-refractivity contribution is 4.98. The average molecular weight is 197 g/mol. The normalized spacial score (nSPS) is 24.9. The first-order valence-electron chi connectivity index (χ1n) is 6.33. The Morgan fingerprint density at radius 2 is 1.57 bits per heavy atom. The van der Waals surface area contributed by atoms with E-state index in [1.54, 1.807) is 0 Å². The number of hydrogen-bond donors (Lipinski definition) is 1. The van der Waals surface area contributed by atoms with Crippen LogP contribution in [0.5, 0.6) is 0 Å². The maximum absolute atomic E-state index is 3.91. The molecule has 1 N–H and O–H groups in total. The minimum absolute atomic E-state index is 0.364. The Morgan fingerprint density at radius 3 is 2.00 bits per heavy atom. The van der Waals surface area contributed by atoms with Gasteiger partial charge in [-0.1, -0.05) is 26.7 Å². The van der Waals surface area contributed by atoms with Gasteiger partial charge in [0.05, 0.1) is 0 Å². The third-order valence-electron chi connectivity index (χ3n) is 3.52. The lowest BCUT2D eigenvalue weighted by Gasteiger charge is -2.47. The minimum Gasteiger partial charge on any atom is -0.306 e. The van der Waals surface area contributed by atoms with Crippen molar-refractivity contribution in [1.29, 1.82) is 0 Å². The third-order valence-corrected chi connectivity index (χ3v) is 3.52. The van der Waals surface area contributed by atoms with E-state index in [2.05, 4.69) is 33.0 Å². The lowest BCUT2D eigenvalue weighted by Crippen LogP contribution is -2.58. The van der Waals surface area contributed by atoms with Crippen molar-refractivity contribution >= 4 is 0 Å². The molecule has 1 heteroatoms. The van der Waals surface area contributed by atoms with E-state index in [-0.39, 0.29) is 0 Å². The third kappa shape index (κ3) is 2.98. The van der Waals surface area contributed by atoms with Gasteiger partial charge in [-0.2, -0.15) is 0 Å². The lowest BCUT2D eigenvalue weighted by atomic mass is 9.76. The van der Waals surface area contributed by atoms with Crippen molar-refractivity contribution in [2.24, 2.45) is 0 Å². The highest BCUT2D eigenvalue weighted by atomic mass is 15.1. The Labute approximate surface area is 89.7 Å². The molecule has 0 aliphatic carbocycles. The summed E-state index contributed by atoms with van der Waals surface area (Å²) in [5.41, 5.74) is 0.827. The Bertz CT molecular complexity index is 161. The largest absolute Gasteiger partial charge is 0.306 e. The fourth-order valence-corrected chi connectivity index (χ4v) is 3.17. The topological polar surface area (TPSA) is 12.0 Å². The van der Waals surface area contributed by atoms with E-state index in [1.807, 2.05) is 0 Å². The summed E-state index contributed by atoms with van der Waals surface area (Å²) in [4.78, 5) is 0. The molecule has 1 saturated heterocycles. The fourth-order valence-electron chi connectivity index (χ4n) is 3.17. The van der Waals surface area contributed by atoms with Crippen LogP contribution >= 0.6 is 0 Å². The maximum Gasteiger partial charge on any atom is 0.0186 e. The first-order valence-corrected chi connectivity index (χ1v) is 6.33. The monoisotopic (exact) mass is 197 g/mol. The highest BCUT2D eigenvalue weighted by Crippen LogP contribution is 2.34. The molecule has 1 heterocycles. The molecule has 0 aromatic heterocycles. The van der Waals surface area contributed by atoms with Crippen LogP contribution in [-0.2, 0) is 0 Å². The molecule has 0 bridgehead atoms. The molecule has 0 radical (unpaired) electrons. The van der Waals surface area contributed by atoms with Gasteiger partial charge in [0.15, 0.2) is 0 Å². The van der Waals surface area contributed by atoms with Crippen molar-refractivity contribution in [2.75, 3.05) is 0 Å². The van der Waals surface area contributed by atoms with Crippen LogP contribution in [0.3, 0.4) is 0 Å². The molecule has 1 nitrogen and oxygen atoms in total. The number of nitrogens with one attached hydrogen (secondary N) is 1. The number of rotatable bonds is 4. The zero-order chi connectivity index (χ0) is 10.7. The fraction of sp³-hybridized carbons (Fsp3) is 1.00. The van der Waals surface area contributed by atoms with Gasteiger partial charge in [-0.15, -0.1) is 0 Å². The highest BCUT2D eigenvalue weighted by Gasteiger charge is 2.37. The molecule has 1 aliphatic rings. The van der Waals surface area contributed by atoms with Gasteiger partial charge in [-0.05, 0) is 46.0 Å². The van der Waals surface area contributed by atoms with Crippen LogP contribution in [0.1, 0.15) is 72.6 Å². The summed E-state index contributed by atoms with van der Waals surface area (Å²) in [7, 11) is 0. The Kier molecular flexibility index (Phi) is 4.00. The van der Waals surface area contributed by atoms with Crippen molar-refractivity contribution in [3.8, 4) is 0 Å². The number of piperidine rings is 1. The number of hydrogen-bond acceptors (Lipinski definition) is 1. The molecule has 84 valence electrons. The van der Waals surface area contributed by atoms with Gasteiger partial charge in [0.1, 0.15) is 0 Å². The predicted molar refractivity (Wildman–Crippen MR) is 63.6 cm³/mol. The molecule has 0 aromatic carbocycles. The molecular weight excluding hydrogens is 170 g/mol. The molecule has 0 saturated carbocycles. The van der Waals surface area contributed by atoms with Crippen molar-refractivity contribution < 1.29 is 0 Å². The van der Waals surface area contributed by atoms with E-state index in [0.717, 1.165) is 0 Å². The van der Waals surface area contributed by atoms with Gasteiger partial charge in [-0.3, -0.25) is 0 Å². The van der Waals surface area contributed by atoms with Crippen molar-refractivity contribution in [3.05, 3.63) is 0 Å². The molecule has 1 fully saturated rings. The predicted octanol–water partition coefficient (Wildman–Crippen LogP) is 3.88. The first-order chi connectivity index (χ1) is 6.54. The first kappa shape index (κ1) is 12.0. The molecular formula is C13H27N. The summed E-state index contributed by atoms with van der Waals surface area (Å²) in [6, 6.07) is 0. The molecule has 0 spiro atoms. The van der Waals surface area contributed by atoms with E-state index in [0.29, 0.717) is 11.1 Å². The quantitative estimate of drug-likeness (QED) is 0.721. The average Bonchev–Trinajstić information content (AvgIpc) is 2.02. The summed E-state index contributed by atoms with van der Waals surface area (Å²) < 4.78 is 0. The second kappa shape index (κ2) is 4.65. The van der Waals surface area contributed by atoms with Gasteiger partial charge < -0.3 is 5.32 Å². The lowest BCUT2D eigenvalue weighted by molar-refractivity contribution is 0.131. The minimum atomic E-state index is 0.364. The molecule has 0 amide bonds. The van der Waals surface area contributed by atoms with Crippen LogP contribution in [0.25, 0.3) is 0 Å². The Morgan fingerprint density at radius 1 is 1.00 bits per heavy atom. The van der Waals surface area contributed by atoms with Crippen molar-refractivity contribution in [1.82, 2.24) is 5.32 Å². The van der Waals surface area contributed by atoms with Crippen LogP contribution < -0.4 is 5.32 Å². The van der Waals surface area contributed by atoms with Gasteiger partial charge in [0.25, 0.3) is 0 Å². The van der Waals surface area contributed by atoms with Crippen molar-refractivity contribution in [2.45, 2.75) is 83.7 Å². The van der Waals surface area contributed by atoms with Crippen molar-refractivity contribution in [3.63, 3.8) is 0 Å². The van der Waals surface area contributed by atoms with Crippen LogP contribution in [0.2, 0.25) is 0 Å². The smallest absolute Gasteiger partial charge is 0.0186 e. The molecule has 0 aromatic rings. The molecule has 0 unspecified atom stereocenters. The van der Waals surface area contributed by atoms with E-state index < -0.39 is 0 Å². The van der Waals surface area contributed by atoms with Crippen LogP contribution in [-0.4, -0.2) is 11.1 Å². The Hall–Kier alpha value is -0.0400.